The van der Waals surface area contributed by atoms with E-state index < -0.39 is 12.1 Å². The molecule has 2 aromatic rings. The molecule has 0 radical (unpaired) electrons. The molecule has 1 heterocycles. The first-order chi connectivity index (χ1) is 10.5. The maximum atomic E-state index is 12.3. The molecule has 0 saturated carbocycles. The van der Waals surface area contributed by atoms with Crippen LogP contribution in [0.25, 0.3) is 10.9 Å². The number of aliphatic hydroxyl groups is 1. The molecular formula is C16H19NO5. The number of rotatable bonds is 4. The zero-order chi connectivity index (χ0) is 16.3. The summed E-state index contributed by atoms with van der Waals surface area (Å²) in [5, 5.41) is 9.87. The molecule has 0 bridgehead atoms. The number of ether oxygens (including phenoxy) is 2. The molecule has 6 heteroatoms. The van der Waals surface area contributed by atoms with Gasteiger partial charge in [0, 0.05) is 5.39 Å². The van der Waals surface area contributed by atoms with E-state index in [0.717, 1.165) is 0 Å². The predicted octanol–water partition coefficient (Wildman–Crippen LogP) is 2.70. The van der Waals surface area contributed by atoms with Crippen molar-refractivity contribution in [1.82, 2.24) is 4.57 Å². The fraction of sp³-hybridized carbons (Fsp3) is 0.375. The predicted molar refractivity (Wildman–Crippen MR) is 80.8 cm³/mol. The quantitative estimate of drug-likeness (QED) is 0.879. The monoisotopic (exact) mass is 305 g/mol. The maximum absolute atomic E-state index is 12.3. The number of benzene rings is 1. The summed E-state index contributed by atoms with van der Waals surface area (Å²) in [4.78, 5) is 24.4. The summed E-state index contributed by atoms with van der Waals surface area (Å²) >= 11 is 0. The minimum Gasteiger partial charge on any atom is -0.461 e. The Morgan fingerprint density at radius 1 is 1.27 bits per heavy atom. The maximum Gasteiger partial charge on any atom is 0.419 e. The van der Waals surface area contributed by atoms with Gasteiger partial charge < -0.3 is 14.6 Å². The van der Waals surface area contributed by atoms with Gasteiger partial charge in [0.05, 0.1) is 24.8 Å². The molecule has 1 N–H and O–H groups in total. The SMILES string of the molecule is CCOC(=O)c1cc2cc(CO)ccc2n1C(=O)OC(C)C. The van der Waals surface area contributed by atoms with Crippen molar-refractivity contribution in [3.63, 3.8) is 0 Å². The highest BCUT2D eigenvalue weighted by molar-refractivity contribution is 6.01. The van der Waals surface area contributed by atoms with E-state index in [0.29, 0.717) is 16.5 Å². The van der Waals surface area contributed by atoms with Crippen LogP contribution in [-0.4, -0.2) is 34.4 Å². The van der Waals surface area contributed by atoms with Gasteiger partial charge in [-0.2, -0.15) is 0 Å². The molecule has 0 spiro atoms. The standard InChI is InChI=1S/C16H19NO5/c1-4-21-15(19)14-8-12-7-11(9-18)5-6-13(12)17(14)16(20)22-10(2)3/h5-8,10,18H,4,9H2,1-3H3. The summed E-state index contributed by atoms with van der Waals surface area (Å²) in [7, 11) is 0. The lowest BCUT2D eigenvalue weighted by molar-refractivity contribution is 0.0508. The van der Waals surface area contributed by atoms with Crippen LogP contribution in [0.5, 0.6) is 0 Å². The van der Waals surface area contributed by atoms with E-state index in [1.54, 1.807) is 45.0 Å². The summed E-state index contributed by atoms with van der Waals surface area (Å²) in [6, 6.07) is 6.65. The largest absolute Gasteiger partial charge is 0.461 e. The topological polar surface area (TPSA) is 77.8 Å². The number of nitrogens with zero attached hydrogens (tertiary/aromatic N) is 1. The van der Waals surface area contributed by atoms with Gasteiger partial charge in [0.2, 0.25) is 0 Å². The zero-order valence-electron chi connectivity index (χ0n) is 12.8. The summed E-state index contributed by atoms with van der Waals surface area (Å²) < 4.78 is 11.4. The van der Waals surface area contributed by atoms with E-state index in [-0.39, 0.29) is 25.0 Å². The van der Waals surface area contributed by atoms with Gasteiger partial charge in [0.1, 0.15) is 5.69 Å². The van der Waals surface area contributed by atoms with Crippen molar-refractivity contribution in [2.75, 3.05) is 6.61 Å². The van der Waals surface area contributed by atoms with Crippen LogP contribution in [0.3, 0.4) is 0 Å². The Labute approximate surface area is 128 Å². The van der Waals surface area contributed by atoms with Crippen molar-refractivity contribution in [2.24, 2.45) is 0 Å². The van der Waals surface area contributed by atoms with Crippen molar-refractivity contribution in [3.05, 3.63) is 35.5 Å². The number of carbonyl (C=O) groups excluding carboxylic acids is 2. The fourth-order valence-corrected chi connectivity index (χ4v) is 2.17. The Balaban J connectivity index is 2.59. The summed E-state index contributed by atoms with van der Waals surface area (Å²) in [5.74, 6) is -0.593. The van der Waals surface area contributed by atoms with Crippen molar-refractivity contribution >= 4 is 23.0 Å². The molecule has 0 aliphatic rings. The first kappa shape index (κ1) is 16.0. The van der Waals surface area contributed by atoms with Crippen molar-refractivity contribution in [3.8, 4) is 0 Å². The highest BCUT2D eigenvalue weighted by Crippen LogP contribution is 2.23. The van der Waals surface area contributed by atoms with Crippen LogP contribution in [0.15, 0.2) is 24.3 Å². The number of esters is 1. The first-order valence-electron chi connectivity index (χ1n) is 7.11. The lowest BCUT2D eigenvalue weighted by atomic mass is 10.1. The molecule has 0 amide bonds. The van der Waals surface area contributed by atoms with Gasteiger partial charge in [-0.25, -0.2) is 14.2 Å². The van der Waals surface area contributed by atoms with Gasteiger partial charge in [0.15, 0.2) is 0 Å². The molecule has 0 aliphatic carbocycles. The highest BCUT2D eigenvalue weighted by atomic mass is 16.6. The molecule has 22 heavy (non-hydrogen) atoms. The third-order valence-electron chi connectivity index (χ3n) is 3.05. The Hall–Kier alpha value is -2.34. The fourth-order valence-electron chi connectivity index (χ4n) is 2.17. The Morgan fingerprint density at radius 2 is 2.00 bits per heavy atom. The van der Waals surface area contributed by atoms with E-state index in [1.807, 2.05) is 0 Å². The van der Waals surface area contributed by atoms with E-state index in [2.05, 4.69) is 0 Å². The second kappa shape index (κ2) is 6.62. The van der Waals surface area contributed by atoms with Gasteiger partial charge in [-0.05, 0) is 44.5 Å². The molecule has 0 saturated heterocycles. The third kappa shape index (κ3) is 3.12. The second-order valence-corrected chi connectivity index (χ2v) is 5.07. The van der Waals surface area contributed by atoms with Gasteiger partial charge in [-0.15, -0.1) is 0 Å². The van der Waals surface area contributed by atoms with Gasteiger partial charge in [-0.1, -0.05) is 6.07 Å². The van der Waals surface area contributed by atoms with E-state index in [4.69, 9.17) is 9.47 Å². The third-order valence-corrected chi connectivity index (χ3v) is 3.05. The smallest absolute Gasteiger partial charge is 0.419 e. The number of fused-ring (bicyclic) bond motifs is 1. The average molecular weight is 305 g/mol. The Morgan fingerprint density at radius 3 is 2.59 bits per heavy atom. The molecule has 1 aromatic heterocycles. The lowest BCUT2D eigenvalue weighted by Gasteiger charge is -2.12. The summed E-state index contributed by atoms with van der Waals surface area (Å²) in [6.45, 7) is 5.25. The minimum absolute atomic E-state index is 0.109. The average Bonchev–Trinajstić information content (AvgIpc) is 2.85. The number of aromatic nitrogens is 1. The molecule has 0 unspecified atom stereocenters. The van der Waals surface area contributed by atoms with Crippen molar-refractivity contribution in [2.45, 2.75) is 33.5 Å². The molecule has 1 aromatic carbocycles. The van der Waals surface area contributed by atoms with Gasteiger partial charge >= 0.3 is 12.1 Å². The molecular weight excluding hydrogens is 286 g/mol. The van der Waals surface area contributed by atoms with Crippen LogP contribution in [-0.2, 0) is 16.1 Å². The van der Waals surface area contributed by atoms with E-state index in [1.165, 1.54) is 4.57 Å². The number of hydrogen-bond acceptors (Lipinski definition) is 5. The Kier molecular flexibility index (Phi) is 4.82. The summed E-state index contributed by atoms with van der Waals surface area (Å²) in [6.07, 6.45) is -0.943. The molecule has 2 rings (SSSR count). The van der Waals surface area contributed by atoms with E-state index >= 15 is 0 Å². The molecule has 0 aliphatic heterocycles. The molecule has 0 fully saturated rings. The van der Waals surface area contributed by atoms with Crippen LogP contribution < -0.4 is 0 Å². The van der Waals surface area contributed by atoms with Crippen LogP contribution in [0.1, 0.15) is 36.8 Å². The van der Waals surface area contributed by atoms with Gasteiger partial charge in [-0.3, -0.25) is 0 Å². The summed E-state index contributed by atoms with van der Waals surface area (Å²) in [5.41, 5.74) is 1.33. The highest BCUT2D eigenvalue weighted by Gasteiger charge is 2.23. The zero-order valence-corrected chi connectivity index (χ0v) is 12.8. The first-order valence-corrected chi connectivity index (χ1v) is 7.11. The van der Waals surface area contributed by atoms with Crippen molar-refractivity contribution in [1.29, 1.82) is 0 Å². The van der Waals surface area contributed by atoms with Crippen LogP contribution >= 0.6 is 0 Å². The van der Waals surface area contributed by atoms with Crippen LogP contribution in [0, 0.1) is 0 Å². The van der Waals surface area contributed by atoms with Crippen LogP contribution in [0.2, 0.25) is 0 Å². The Bertz CT molecular complexity index is 702. The van der Waals surface area contributed by atoms with Crippen molar-refractivity contribution < 1.29 is 24.2 Å². The molecule has 0 atom stereocenters. The number of aliphatic hydroxyl groups excluding tert-OH is 1. The molecule has 118 valence electrons. The molecule has 6 nitrogen and oxygen atoms in total. The van der Waals surface area contributed by atoms with Crippen LogP contribution in [0.4, 0.5) is 4.79 Å². The lowest BCUT2D eigenvalue weighted by Crippen LogP contribution is -2.22. The van der Waals surface area contributed by atoms with E-state index in [9.17, 15) is 14.7 Å². The van der Waals surface area contributed by atoms with Gasteiger partial charge in [0.25, 0.3) is 0 Å². The number of hydrogen-bond donors (Lipinski definition) is 1. The number of carbonyl (C=O) groups is 2. The normalized spacial score (nSPS) is 11.0. The second-order valence-electron chi connectivity index (χ2n) is 5.07. The minimum atomic E-state index is -0.634.